The summed E-state index contributed by atoms with van der Waals surface area (Å²) in [4.78, 5) is 21.8. The number of nitro benzene ring substituents is 1. The van der Waals surface area contributed by atoms with Crippen LogP contribution in [0.4, 0.5) is 18.9 Å². The van der Waals surface area contributed by atoms with Gasteiger partial charge in [0.15, 0.2) is 0 Å². The summed E-state index contributed by atoms with van der Waals surface area (Å²) in [7, 11) is 0. The van der Waals surface area contributed by atoms with Gasteiger partial charge in [0.1, 0.15) is 5.56 Å². The molecule has 1 atom stereocenters. The Morgan fingerprint density at radius 2 is 2.09 bits per heavy atom. The first-order valence-electron chi connectivity index (χ1n) is 6.59. The lowest BCUT2D eigenvalue weighted by molar-refractivity contribution is -0.385. The molecule has 1 aromatic carbocycles. The molecule has 0 saturated heterocycles. The van der Waals surface area contributed by atoms with Gasteiger partial charge < -0.3 is 11.1 Å². The number of amides is 1. The van der Waals surface area contributed by atoms with Crippen LogP contribution in [0, 0.1) is 16.0 Å². The average Bonchev–Trinajstić information content (AvgIpc) is 3.27. The van der Waals surface area contributed by atoms with Crippen molar-refractivity contribution >= 4 is 11.6 Å². The number of nitrogens with one attached hydrogen (secondary N) is 1. The van der Waals surface area contributed by atoms with Gasteiger partial charge >= 0.3 is 6.18 Å². The van der Waals surface area contributed by atoms with Crippen LogP contribution in [-0.2, 0) is 6.18 Å². The quantitative estimate of drug-likeness (QED) is 0.641. The smallest absolute Gasteiger partial charge is 0.350 e. The second kappa shape index (κ2) is 5.91. The molecule has 0 spiro atoms. The van der Waals surface area contributed by atoms with Crippen LogP contribution in [0.25, 0.3) is 0 Å². The van der Waals surface area contributed by atoms with Gasteiger partial charge in [-0.3, -0.25) is 14.9 Å². The van der Waals surface area contributed by atoms with Crippen LogP contribution >= 0.6 is 0 Å². The van der Waals surface area contributed by atoms with Crippen LogP contribution in [0.15, 0.2) is 18.2 Å². The SMILES string of the molecule is NC(CNC(=O)c1ccc(C(F)(F)F)cc1[N+](=O)[O-])C1CC1. The van der Waals surface area contributed by atoms with E-state index in [1.807, 2.05) is 0 Å². The summed E-state index contributed by atoms with van der Waals surface area (Å²) in [5.41, 5.74) is 3.31. The molecule has 1 fully saturated rings. The minimum absolute atomic E-state index is 0.127. The average molecular weight is 317 g/mol. The summed E-state index contributed by atoms with van der Waals surface area (Å²) in [5.74, 6) is -0.487. The number of nitro groups is 1. The molecule has 0 aliphatic heterocycles. The Labute approximate surface area is 123 Å². The standard InChI is InChI=1S/C13H14F3N3O3/c14-13(15,16)8-3-4-9(11(5-8)19(21)22)12(20)18-6-10(17)7-1-2-7/h3-5,7,10H,1-2,6,17H2,(H,18,20). The van der Waals surface area contributed by atoms with Crippen LogP contribution in [0.1, 0.15) is 28.8 Å². The van der Waals surface area contributed by atoms with E-state index in [2.05, 4.69) is 5.32 Å². The molecular weight excluding hydrogens is 303 g/mol. The minimum atomic E-state index is -4.71. The van der Waals surface area contributed by atoms with Gasteiger partial charge in [-0.2, -0.15) is 13.2 Å². The first-order chi connectivity index (χ1) is 10.2. The fourth-order valence-corrected chi connectivity index (χ4v) is 2.05. The molecule has 1 unspecified atom stereocenters. The zero-order valence-electron chi connectivity index (χ0n) is 11.4. The Morgan fingerprint density at radius 1 is 1.45 bits per heavy atom. The van der Waals surface area contributed by atoms with Crippen molar-refractivity contribution in [3.05, 3.63) is 39.4 Å². The van der Waals surface area contributed by atoms with E-state index in [1.54, 1.807) is 0 Å². The van der Waals surface area contributed by atoms with Crippen molar-refractivity contribution in [1.82, 2.24) is 5.32 Å². The van der Waals surface area contributed by atoms with Crippen LogP contribution in [0.3, 0.4) is 0 Å². The van der Waals surface area contributed by atoms with Crippen molar-refractivity contribution < 1.29 is 22.9 Å². The summed E-state index contributed by atoms with van der Waals surface area (Å²) in [6.07, 6.45) is -2.77. The number of halogens is 3. The van der Waals surface area contributed by atoms with E-state index < -0.39 is 33.8 Å². The van der Waals surface area contributed by atoms with Gasteiger partial charge in [0.25, 0.3) is 11.6 Å². The Morgan fingerprint density at radius 3 is 2.59 bits per heavy atom. The molecule has 1 aliphatic carbocycles. The van der Waals surface area contributed by atoms with E-state index >= 15 is 0 Å². The predicted octanol–water partition coefficient (Wildman–Crippen LogP) is 2.08. The van der Waals surface area contributed by atoms with Gasteiger partial charge in [-0.25, -0.2) is 0 Å². The number of nitrogens with two attached hydrogens (primary N) is 1. The predicted molar refractivity (Wildman–Crippen MR) is 71.1 cm³/mol. The van der Waals surface area contributed by atoms with Crippen LogP contribution in [-0.4, -0.2) is 23.4 Å². The second-order valence-corrected chi connectivity index (χ2v) is 5.20. The third-order valence-corrected chi connectivity index (χ3v) is 3.49. The maximum atomic E-state index is 12.6. The highest BCUT2D eigenvalue weighted by Gasteiger charge is 2.34. The maximum Gasteiger partial charge on any atom is 0.416 e. The number of alkyl halides is 3. The summed E-state index contributed by atoms with van der Waals surface area (Å²) in [6.45, 7) is 0.127. The monoisotopic (exact) mass is 317 g/mol. The van der Waals surface area contributed by atoms with E-state index in [0.29, 0.717) is 18.1 Å². The molecule has 0 aromatic heterocycles. The molecule has 9 heteroatoms. The summed E-state index contributed by atoms with van der Waals surface area (Å²) < 4.78 is 37.7. The van der Waals surface area contributed by atoms with E-state index in [0.717, 1.165) is 18.9 Å². The minimum Gasteiger partial charge on any atom is -0.350 e. The number of carbonyl (C=O) groups excluding carboxylic acids is 1. The second-order valence-electron chi connectivity index (χ2n) is 5.20. The molecule has 0 heterocycles. The molecule has 2 rings (SSSR count). The van der Waals surface area contributed by atoms with E-state index in [9.17, 15) is 28.1 Å². The summed E-state index contributed by atoms with van der Waals surface area (Å²) >= 11 is 0. The highest BCUT2D eigenvalue weighted by molar-refractivity contribution is 5.98. The van der Waals surface area contributed by atoms with Crippen molar-refractivity contribution in [1.29, 1.82) is 0 Å². The number of hydrogen-bond donors (Lipinski definition) is 2. The molecule has 1 aliphatic rings. The highest BCUT2D eigenvalue weighted by atomic mass is 19.4. The van der Waals surface area contributed by atoms with E-state index in [1.165, 1.54) is 0 Å². The van der Waals surface area contributed by atoms with E-state index in [4.69, 9.17) is 5.73 Å². The topological polar surface area (TPSA) is 98.3 Å². The molecule has 0 bridgehead atoms. The summed E-state index contributed by atoms with van der Waals surface area (Å²) in [5, 5.41) is 13.3. The largest absolute Gasteiger partial charge is 0.416 e. The lowest BCUT2D eigenvalue weighted by Crippen LogP contribution is -2.38. The number of rotatable bonds is 5. The van der Waals surface area contributed by atoms with E-state index in [-0.39, 0.29) is 12.6 Å². The van der Waals surface area contributed by atoms with Gasteiger partial charge in [0, 0.05) is 18.7 Å². The molecule has 1 aromatic rings. The maximum absolute atomic E-state index is 12.6. The zero-order valence-corrected chi connectivity index (χ0v) is 11.4. The van der Waals surface area contributed by atoms with Gasteiger partial charge in [-0.05, 0) is 30.9 Å². The molecule has 22 heavy (non-hydrogen) atoms. The number of nitrogens with zero attached hydrogens (tertiary/aromatic N) is 1. The highest BCUT2D eigenvalue weighted by Crippen LogP contribution is 2.33. The van der Waals surface area contributed by atoms with Gasteiger partial charge in [-0.15, -0.1) is 0 Å². The Balaban J connectivity index is 2.18. The first kappa shape index (κ1) is 16.2. The van der Waals surface area contributed by atoms with Crippen molar-refractivity contribution in [2.45, 2.75) is 25.1 Å². The van der Waals surface area contributed by atoms with Crippen LogP contribution < -0.4 is 11.1 Å². The number of hydrogen-bond acceptors (Lipinski definition) is 4. The Hall–Kier alpha value is -2.16. The number of benzene rings is 1. The fraction of sp³-hybridized carbons (Fsp3) is 0.462. The molecule has 0 radical (unpaired) electrons. The fourth-order valence-electron chi connectivity index (χ4n) is 2.05. The van der Waals surface area contributed by atoms with Crippen molar-refractivity contribution in [2.24, 2.45) is 11.7 Å². The zero-order chi connectivity index (χ0) is 16.5. The van der Waals surface area contributed by atoms with Crippen LogP contribution in [0.5, 0.6) is 0 Å². The Kier molecular flexibility index (Phi) is 4.36. The summed E-state index contributed by atoms with van der Waals surface area (Å²) in [6, 6.07) is 1.55. The molecule has 1 amide bonds. The Bertz CT molecular complexity index is 600. The normalized spacial score (nSPS) is 16.2. The third kappa shape index (κ3) is 3.73. The molecule has 120 valence electrons. The van der Waals surface area contributed by atoms with Crippen LogP contribution in [0.2, 0.25) is 0 Å². The van der Waals surface area contributed by atoms with Gasteiger partial charge in [-0.1, -0.05) is 0 Å². The van der Waals surface area contributed by atoms with Crippen molar-refractivity contribution in [2.75, 3.05) is 6.54 Å². The molecule has 1 saturated carbocycles. The first-order valence-corrected chi connectivity index (χ1v) is 6.59. The third-order valence-electron chi connectivity index (χ3n) is 3.49. The lowest BCUT2D eigenvalue weighted by Gasteiger charge is -2.12. The van der Waals surface area contributed by atoms with Gasteiger partial charge in [0.05, 0.1) is 10.5 Å². The van der Waals surface area contributed by atoms with Crippen molar-refractivity contribution in [3.63, 3.8) is 0 Å². The molecule has 3 N–H and O–H groups in total. The van der Waals surface area contributed by atoms with Crippen molar-refractivity contribution in [3.8, 4) is 0 Å². The van der Waals surface area contributed by atoms with Gasteiger partial charge in [0.2, 0.25) is 0 Å². The number of carbonyl (C=O) groups is 1. The lowest BCUT2D eigenvalue weighted by atomic mass is 10.1. The molecular formula is C13H14F3N3O3. The molecule has 6 nitrogen and oxygen atoms in total.